The molecule has 0 spiro atoms. The molecule has 0 aromatic heterocycles. The summed E-state index contributed by atoms with van der Waals surface area (Å²) >= 11 is 0. The van der Waals surface area contributed by atoms with Crippen molar-refractivity contribution < 1.29 is 18.4 Å². The van der Waals surface area contributed by atoms with Gasteiger partial charge in [0.15, 0.2) is 4.90 Å². The molecule has 1 aliphatic rings. The number of anilines is 1. The number of hydrogen-bond acceptors (Lipinski definition) is 6. The van der Waals surface area contributed by atoms with Crippen LogP contribution in [0.5, 0.6) is 0 Å². The third kappa shape index (κ3) is 2.97. The maximum atomic E-state index is 13.0. The van der Waals surface area contributed by atoms with Gasteiger partial charge in [0, 0.05) is 25.3 Å². The smallest absolute Gasteiger partial charge is 0.289 e. The standard InChI is InChI=1S/C16H17N3O5S/c1-18(16-11-6-2-3-7-12(11)17-10-14(16)20)25(23,24)15-9-5-4-8-13(15)19(21)22/h2-9,14,16-17,20H,10H2,1H3/t14-,16-/m1/s1. The van der Waals surface area contributed by atoms with Crippen LogP contribution in [0.1, 0.15) is 11.6 Å². The van der Waals surface area contributed by atoms with Crippen molar-refractivity contribution in [3.05, 3.63) is 64.2 Å². The predicted molar refractivity (Wildman–Crippen MR) is 91.7 cm³/mol. The van der Waals surface area contributed by atoms with Crippen LogP contribution in [0, 0.1) is 10.1 Å². The number of nitrogens with zero attached hydrogens (tertiary/aromatic N) is 2. The fraction of sp³-hybridized carbons (Fsp3) is 0.250. The topological polar surface area (TPSA) is 113 Å². The number of aliphatic hydroxyl groups excluding tert-OH is 1. The first-order valence-electron chi connectivity index (χ1n) is 7.56. The molecule has 0 aliphatic carbocycles. The van der Waals surface area contributed by atoms with Crippen LogP contribution in [0.3, 0.4) is 0 Å². The number of benzene rings is 2. The summed E-state index contributed by atoms with van der Waals surface area (Å²) in [4.78, 5) is 10.1. The van der Waals surface area contributed by atoms with Gasteiger partial charge in [-0.1, -0.05) is 30.3 Å². The van der Waals surface area contributed by atoms with E-state index >= 15 is 0 Å². The van der Waals surface area contributed by atoms with Gasteiger partial charge in [0.1, 0.15) is 0 Å². The van der Waals surface area contributed by atoms with E-state index < -0.39 is 37.7 Å². The molecule has 0 saturated heterocycles. The zero-order valence-corrected chi connectivity index (χ0v) is 14.2. The molecule has 0 radical (unpaired) electrons. The van der Waals surface area contributed by atoms with Gasteiger partial charge in [-0.2, -0.15) is 4.31 Å². The summed E-state index contributed by atoms with van der Waals surface area (Å²) in [6.07, 6.45) is -0.988. The number of hydrogen-bond donors (Lipinski definition) is 2. The van der Waals surface area contributed by atoms with Gasteiger partial charge in [-0.3, -0.25) is 10.1 Å². The quantitative estimate of drug-likeness (QED) is 0.632. The second kappa shape index (κ2) is 6.43. The lowest BCUT2D eigenvalue weighted by Gasteiger charge is -2.36. The first kappa shape index (κ1) is 17.3. The molecule has 25 heavy (non-hydrogen) atoms. The minimum absolute atomic E-state index is 0.179. The summed E-state index contributed by atoms with van der Waals surface area (Å²) in [6.45, 7) is 0.179. The van der Waals surface area contributed by atoms with Crippen molar-refractivity contribution in [3.8, 4) is 0 Å². The zero-order chi connectivity index (χ0) is 18.2. The van der Waals surface area contributed by atoms with Crippen LogP contribution in [0.4, 0.5) is 11.4 Å². The Morgan fingerprint density at radius 3 is 2.56 bits per heavy atom. The molecule has 2 aromatic carbocycles. The van der Waals surface area contributed by atoms with Crippen molar-refractivity contribution in [2.24, 2.45) is 0 Å². The van der Waals surface area contributed by atoms with E-state index in [-0.39, 0.29) is 6.54 Å². The molecule has 1 heterocycles. The lowest BCUT2D eigenvalue weighted by atomic mass is 9.96. The van der Waals surface area contributed by atoms with E-state index in [1.54, 1.807) is 24.3 Å². The highest BCUT2D eigenvalue weighted by Gasteiger charge is 2.39. The second-order valence-electron chi connectivity index (χ2n) is 5.73. The molecule has 0 amide bonds. The van der Waals surface area contributed by atoms with Crippen LogP contribution in [0.2, 0.25) is 0 Å². The van der Waals surface area contributed by atoms with Crippen LogP contribution in [0.15, 0.2) is 53.4 Å². The number of aliphatic hydroxyl groups is 1. The molecule has 132 valence electrons. The van der Waals surface area contributed by atoms with Crippen molar-refractivity contribution in [1.82, 2.24) is 4.31 Å². The van der Waals surface area contributed by atoms with Crippen molar-refractivity contribution >= 4 is 21.4 Å². The number of rotatable bonds is 4. The van der Waals surface area contributed by atoms with Gasteiger partial charge in [-0.05, 0) is 17.7 Å². The molecule has 8 nitrogen and oxygen atoms in total. The first-order chi connectivity index (χ1) is 11.8. The molecule has 3 rings (SSSR count). The van der Waals surface area contributed by atoms with E-state index in [9.17, 15) is 23.6 Å². The van der Waals surface area contributed by atoms with Gasteiger partial charge in [-0.25, -0.2) is 8.42 Å². The van der Waals surface area contributed by atoms with E-state index in [2.05, 4.69) is 5.32 Å². The number of nitro benzene ring substituents is 1. The van der Waals surface area contributed by atoms with Crippen molar-refractivity contribution in [2.75, 3.05) is 18.9 Å². The summed E-state index contributed by atoms with van der Waals surface area (Å²) in [5.41, 5.74) is 0.847. The number of nitro groups is 1. The van der Waals surface area contributed by atoms with Crippen molar-refractivity contribution in [2.45, 2.75) is 17.0 Å². The normalized spacial score (nSPS) is 20.0. The average molecular weight is 363 g/mol. The molecular weight excluding hydrogens is 346 g/mol. The van der Waals surface area contributed by atoms with Gasteiger partial charge < -0.3 is 10.4 Å². The Hall–Kier alpha value is -2.49. The number of nitrogens with one attached hydrogen (secondary N) is 1. The average Bonchev–Trinajstić information content (AvgIpc) is 2.61. The molecule has 2 atom stereocenters. The Morgan fingerprint density at radius 2 is 1.84 bits per heavy atom. The van der Waals surface area contributed by atoms with Crippen LogP contribution in [0.25, 0.3) is 0 Å². The number of sulfonamides is 1. The molecule has 0 saturated carbocycles. The van der Waals surface area contributed by atoms with E-state index in [4.69, 9.17) is 0 Å². The van der Waals surface area contributed by atoms with Gasteiger partial charge in [0.25, 0.3) is 5.69 Å². The monoisotopic (exact) mass is 363 g/mol. The molecule has 0 fully saturated rings. The molecule has 9 heteroatoms. The maximum absolute atomic E-state index is 13.0. The summed E-state index contributed by atoms with van der Waals surface area (Å²) < 4.78 is 27.0. The molecular formula is C16H17N3O5S. The minimum Gasteiger partial charge on any atom is -0.389 e. The first-order valence-corrected chi connectivity index (χ1v) is 9.00. The highest BCUT2D eigenvalue weighted by atomic mass is 32.2. The highest BCUT2D eigenvalue weighted by Crippen LogP contribution is 2.37. The summed E-state index contributed by atoms with van der Waals surface area (Å²) in [5, 5.41) is 24.6. The van der Waals surface area contributed by atoms with Gasteiger partial charge in [0.05, 0.1) is 17.1 Å². The predicted octanol–water partition coefficient (Wildman–Crippen LogP) is 1.74. The zero-order valence-electron chi connectivity index (χ0n) is 13.4. The van der Waals surface area contributed by atoms with E-state index in [0.29, 0.717) is 5.56 Å². The summed E-state index contributed by atoms with van der Waals surface area (Å²) in [6, 6.07) is 11.4. The van der Waals surface area contributed by atoms with Crippen LogP contribution < -0.4 is 5.32 Å². The third-order valence-corrected chi connectivity index (χ3v) is 6.14. The fourth-order valence-corrected chi connectivity index (χ4v) is 4.54. The Morgan fingerprint density at radius 1 is 1.20 bits per heavy atom. The highest BCUT2D eigenvalue weighted by molar-refractivity contribution is 7.89. The van der Waals surface area contributed by atoms with Gasteiger partial charge in [-0.15, -0.1) is 0 Å². The molecule has 0 unspecified atom stereocenters. The van der Waals surface area contributed by atoms with Crippen molar-refractivity contribution in [1.29, 1.82) is 0 Å². The third-order valence-electron chi connectivity index (χ3n) is 4.26. The lowest BCUT2D eigenvalue weighted by Crippen LogP contribution is -2.43. The van der Waals surface area contributed by atoms with Crippen LogP contribution >= 0.6 is 0 Å². The SMILES string of the molecule is CN([C@@H]1c2ccccc2NC[C@H]1O)S(=O)(=O)c1ccccc1[N+](=O)[O-]. The minimum atomic E-state index is -4.19. The van der Waals surface area contributed by atoms with E-state index in [1.807, 2.05) is 0 Å². The number of likely N-dealkylation sites (N-methyl/N-ethyl adjacent to an activating group) is 1. The second-order valence-corrected chi connectivity index (χ2v) is 7.69. The molecule has 2 aromatic rings. The largest absolute Gasteiger partial charge is 0.389 e. The van der Waals surface area contributed by atoms with E-state index in [0.717, 1.165) is 16.1 Å². The lowest BCUT2D eigenvalue weighted by molar-refractivity contribution is -0.387. The Kier molecular flexibility index (Phi) is 4.46. The molecule has 0 bridgehead atoms. The van der Waals surface area contributed by atoms with Crippen molar-refractivity contribution in [3.63, 3.8) is 0 Å². The number of β-amino-alcohol motifs (C(OH)–C–C–N with tert-alkyl or cyclic N) is 1. The number of fused-ring (bicyclic) bond motifs is 1. The van der Waals surface area contributed by atoms with E-state index in [1.165, 1.54) is 25.2 Å². The van der Waals surface area contributed by atoms with Gasteiger partial charge in [0.2, 0.25) is 10.0 Å². The summed E-state index contributed by atoms with van der Waals surface area (Å²) in [7, 11) is -2.86. The summed E-state index contributed by atoms with van der Waals surface area (Å²) in [5.74, 6) is 0. The maximum Gasteiger partial charge on any atom is 0.289 e. The molecule has 2 N–H and O–H groups in total. The Balaban J connectivity index is 2.09. The molecule has 1 aliphatic heterocycles. The fourth-order valence-electron chi connectivity index (χ4n) is 3.02. The van der Waals surface area contributed by atoms with Crippen LogP contribution in [-0.2, 0) is 10.0 Å². The Bertz CT molecular complexity index is 915. The number of para-hydroxylation sites is 2. The van der Waals surface area contributed by atoms with Crippen LogP contribution in [-0.4, -0.2) is 42.4 Å². The van der Waals surface area contributed by atoms with Gasteiger partial charge >= 0.3 is 0 Å². The Labute approximate surface area is 144 Å².